The molecule has 1 amide bonds. The van der Waals surface area contributed by atoms with E-state index in [4.69, 9.17) is 0 Å². The van der Waals surface area contributed by atoms with Gasteiger partial charge in [-0.25, -0.2) is 13.9 Å². The van der Waals surface area contributed by atoms with Crippen LogP contribution in [0.4, 0.5) is 4.39 Å². The van der Waals surface area contributed by atoms with Gasteiger partial charge in [0, 0.05) is 30.8 Å². The molecule has 29 heavy (non-hydrogen) atoms. The van der Waals surface area contributed by atoms with Crippen molar-refractivity contribution in [2.45, 2.75) is 31.2 Å². The summed E-state index contributed by atoms with van der Waals surface area (Å²) in [5.74, 6) is -0.100. The number of hydrogen-bond acceptors (Lipinski definition) is 6. The van der Waals surface area contributed by atoms with E-state index in [1.807, 2.05) is 0 Å². The van der Waals surface area contributed by atoms with E-state index in [2.05, 4.69) is 25.3 Å². The third kappa shape index (κ3) is 2.66. The van der Waals surface area contributed by atoms with Gasteiger partial charge in [-0.3, -0.25) is 4.79 Å². The smallest absolute Gasteiger partial charge is 0.285 e. The normalized spacial score (nSPS) is 18.9. The van der Waals surface area contributed by atoms with E-state index in [9.17, 15) is 9.18 Å². The molecule has 0 spiro atoms. The molecule has 0 saturated heterocycles. The second-order valence-electron chi connectivity index (χ2n) is 7.39. The number of rotatable bonds is 3. The summed E-state index contributed by atoms with van der Waals surface area (Å²) < 4.78 is 15.7. The minimum atomic E-state index is -0.509. The van der Waals surface area contributed by atoms with E-state index >= 15 is 0 Å². The first-order valence-corrected chi connectivity index (χ1v) is 10.3. The van der Waals surface area contributed by atoms with E-state index in [0.717, 1.165) is 29.2 Å². The number of aromatic nitrogens is 6. The summed E-state index contributed by atoms with van der Waals surface area (Å²) in [6, 6.07) is 4.17. The second-order valence-corrected chi connectivity index (χ2v) is 8.40. The van der Waals surface area contributed by atoms with Gasteiger partial charge in [0.2, 0.25) is 5.01 Å². The van der Waals surface area contributed by atoms with Crippen molar-refractivity contribution < 1.29 is 9.18 Å². The largest absolute Gasteiger partial charge is 0.348 e. The number of halogens is 1. The summed E-state index contributed by atoms with van der Waals surface area (Å²) in [6.07, 6.45) is 6.19. The Morgan fingerprint density at radius 2 is 2.21 bits per heavy atom. The fourth-order valence-corrected chi connectivity index (χ4v) is 4.84. The molecule has 10 heteroatoms. The third-order valence-corrected chi connectivity index (χ3v) is 6.56. The molecule has 1 fully saturated rings. The van der Waals surface area contributed by atoms with Crippen molar-refractivity contribution in [3.63, 3.8) is 0 Å². The van der Waals surface area contributed by atoms with E-state index < -0.39 is 6.04 Å². The van der Waals surface area contributed by atoms with Crippen LogP contribution >= 0.6 is 11.3 Å². The Balaban J connectivity index is 1.44. The Kier molecular flexibility index (Phi) is 3.58. The number of nitrogens with one attached hydrogen (secondary N) is 1. The molecule has 2 aliphatic rings. The van der Waals surface area contributed by atoms with Crippen LogP contribution in [-0.4, -0.2) is 47.1 Å². The zero-order valence-corrected chi connectivity index (χ0v) is 16.1. The summed E-state index contributed by atoms with van der Waals surface area (Å²) >= 11 is 1.37. The van der Waals surface area contributed by atoms with Gasteiger partial charge in [0.15, 0.2) is 0 Å². The predicted octanol–water partition coefficient (Wildman–Crippen LogP) is 2.71. The second kappa shape index (κ2) is 6.18. The molecule has 1 atom stereocenters. The predicted molar refractivity (Wildman–Crippen MR) is 102 cm³/mol. The average molecular weight is 409 g/mol. The number of pyridine rings is 1. The SMILES string of the molecule is O=C(c1nnc(C2CC2)s1)N1CCc2[nH]cnc2[C@H]1c1cc2c(F)cccn2n1. The maximum atomic E-state index is 14.2. The number of hydrogen-bond donors (Lipinski definition) is 1. The first-order valence-electron chi connectivity index (χ1n) is 9.49. The lowest BCUT2D eigenvalue weighted by Crippen LogP contribution is -2.41. The number of nitrogens with zero attached hydrogens (tertiary/aromatic N) is 6. The molecule has 8 nitrogen and oxygen atoms in total. The Labute approximate surface area is 168 Å². The van der Waals surface area contributed by atoms with Crippen LogP contribution in [0.25, 0.3) is 5.52 Å². The minimum Gasteiger partial charge on any atom is -0.348 e. The van der Waals surface area contributed by atoms with Crippen LogP contribution in [0.15, 0.2) is 30.7 Å². The van der Waals surface area contributed by atoms with Gasteiger partial charge in [-0.2, -0.15) is 5.10 Å². The summed E-state index contributed by atoms with van der Waals surface area (Å²) in [5, 5.41) is 14.2. The molecule has 6 rings (SSSR count). The van der Waals surface area contributed by atoms with Crippen LogP contribution in [-0.2, 0) is 6.42 Å². The minimum absolute atomic E-state index is 0.189. The summed E-state index contributed by atoms with van der Waals surface area (Å²) in [4.78, 5) is 22.7. The molecule has 4 aromatic heterocycles. The van der Waals surface area contributed by atoms with Gasteiger partial charge in [-0.1, -0.05) is 11.3 Å². The number of imidazole rings is 1. The molecule has 1 aliphatic carbocycles. The zero-order chi connectivity index (χ0) is 19.5. The highest BCUT2D eigenvalue weighted by Crippen LogP contribution is 2.42. The number of aromatic amines is 1. The lowest BCUT2D eigenvalue weighted by atomic mass is 9.99. The Morgan fingerprint density at radius 3 is 3.03 bits per heavy atom. The highest BCUT2D eigenvalue weighted by atomic mass is 32.1. The standard InChI is InChI=1S/C19H16FN7OS/c20-11-2-1-6-27-14(11)8-13(25-27)16-15-12(21-9-22-15)5-7-26(16)19(28)18-24-23-17(29-18)10-3-4-10/h1-2,6,8-10,16H,3-5,7H2,(H,21,22)/t16-/m1/s1. The van der Waals surface area contributed by atoms with Crippen molar-refractivity contribution in [1.29, 1.82) is 0 Å². The van der Waals surface area contributed by atoms with Crippen LogP contribution in [0.2, 0.25) is 0 Å². The first kappa shape index (κ1) is 16.8. The Morgan fingerprint density at radius 1 is 1.31 bits per heavy atom. The van der Waals surface area contributed by atoms with Crippen molar-refractivity contribution in [3.8, 4) is 0 Å². The Bertz CT molecular complexity index is 1240. The van der Waals surface area contributed by atoms with Crippen molar-refractivity contribution in [1.82, 2.24) is 34.7 Å². The molecular formula is C19H16FN7OS. The van der Waals surface area contributed by atoms with Gasteiger partial charge >= 0.3 is 0 Å². The molecule has 1 saturated carbocycles. The first-order chi connectivity index (χ1) is 14.2. The molecule has 0 bridgehead atoms. The van der Waals surface area contributed by atoms with Crippen molar-refractivity contribution in [2.24, 2.45) is 0 Å². The van der Waals surface area contributed by atoms with Crippen LogP contribution in [0.3, 0.4) is 0 Å². The number of H-pyrrole nitrogens is 1. The molecule has 5 heterocycles. The highest BCUT2D eigenvalue weighted by molar-refractivity contribution is 7.13. The van der Waals surface area contributed by atoms with Crippen LogP contribution < -0.4 is 0 Å². The van der Waals surface area contributed by atoms with Gasteiger partial charge < -0.3 is 9.88 Å². The average Bonchev–Trinajstić information content (AvgIpc) is 3.13. The van der Waals surface area contributed by atoms with Gasteiger partial charge in [0.25, 0.3) is 5.91 Å². The van der Waals surface area contributed by atoms with E-state index in [1.165, 1.54) is 21.9 Å². The molecular weight excluding hydrogens is 393 g/mol. The van der Waals surface area contributed by atoms with Crippen molar-refractivity contribution >= 4 is 22.8 Å². The molecule has 4 aromatic rings. The van der Waals surface area contributed by atoms with Gasteiger partial charge in [0.1, 0.15) is 22.4 Å². The van der Waals surface area contributed by atoms with Crippen LogP contribution in [0.1, 0.15) is 56.7 Å². The third-order valence-electron chi connectivity index (χ3n) is 5.49. The molecule has 146 valence electrons. The summed E-state index contributed by atoms with van der Waals surface area (Å²) in [5.41, 5.74) is 2.64. The van der Waals surface area contributed by atoms with Gasteiger partial charge in [0.05, 0.1) is 17.7 Å². The zero-order valence-electron chi connectivity index (χ0n) is 15.2. The van der Waals surface area contributed by atoms with Crippen molar-refractivity contribution in [2.75, 3.05) is 6.54 Å². The van der Waals surface area contributed by atoms with Crippen molar-refractivity contribution in [3.05, 3.63) is 63.6 Å². The summed E-state index contributed by atoms with van der Waals surface area (Å²) in [7, 11) is 0. The quantitative estimate of drug-likeness (QED) is 0.562. The number of carbonyl (C=O) groups excluding carboxylic acids is 1. The maximum Gasteiger partial charge on any atom is 0.285 e. The van der Waals surface area contributed by atoms with E-state index in [0.29, 0.717) is 35.1 Å². The van der Waals surface area contributed by atoms with Gasteiger partial charge in [-0.15, -0.1) is 10.2 Å². The van der Waals surface area contributed by atoms with Crippen LogP contribution in [0, 0.1) is 5.82 Å². The topological polar surface area (TPSA) is 92.1 Å². The maximum absolute atomic E-state index is 14.2. The van der Waals surface area contributed by atoms with E-state index in [-0.39, 0.29) is 11.7 Å². The molecule has 0 aromatic carbocycles. The number of fused-ring (bicyclic) bond motifs is 2. The van der Waals surface area contributed by atoms with E-state index in [1.54, 1.807) is 29.6 Å². The molecule has 1 aliphatic heterocycles. The monoisotopic (exact) mass is 409 g/mol. The summed E-state index contributed by atoms with van der Waals surface area (Å²) in [6.45, 7) is 0.493. The highest BCUT2D eigenvalue weighted by Gasteiger charge is 2.38. The number of amides is 1. The fourth-order valence-electron chi connectivity index (χ4n) is 3.87. The molecule has 1 N–H and O–H groups in total. The Hall–Kier alpha value is -3.14. The molecule has 0 radical (unpaired) electrons. The molecule has 0 unspecified atom stereocenters. The lowest BCUT2D eigenvalue weighted by molar-refractivity contribution is 0.0685. The number of carbonyl (C=O) groups is 1. The van der Waals surface area contributed by atoms with Crippen LogP contribution in [0.5, 0.6) is 0 Å². The lowest BCUT2D eigenvalue weighted by Gasteiger charge is -2.33. The fraction of sp³-hybridized carbons (Fsp3) is 0.316. The van der Waals surface area contributed by atoms with Gasteiger partial charge in [-0.05, 0) is 31.0 Å².